The Labute approximate surface area is 125 Å². The van der Waals surface area contributed by atoms with Gasteiger partial charge in [0, 0.05) is 6.42 Å². The van der Waals surface area contributed by atoms with Gasteiger partial charge in [-0.2, -0.15) is 5.26 Å². The molecule has 0 saturated heterocycles. The number of carbonyl (C=O) groups is 1. The third kappa shape index (κ3) is 6.77. The minimum Gasteiger partial charge on any atom is -0.445 e. The van der Waals surface area contributed by atoms with E-state index in [1.54, 1.807) is 6.92 Å². The van der Waals surface area contributed by atoms with Gasteiger partial charge in [-0.1, -0.05) is 30.3 Å². The number of ether oxygens (including phenoxy) is 2. The van der Waals surface area contributed by atoms with Crippen molar-refractivity contribution in [2.24, 2.45) is 0 Å². The maximum absolute atomic E-state index is 11.8. The topological polar surface area (TPSA) is 71.3 Å². The summed E-state index contributed by atoms with van der Waals surface area (Å²) in [4.78, 5) is 11.8. The molecular weight excluding hydrogens is 268 g/mol. The lowest BCUT2D eigenvalue weighted by Gasteiger charge is -2.23. The van der Waals surface area contributed by atoms with Gasteiger partial charge >= 0.3 is 6.09 Å². The zero-order chi connectivity index (χ0) is 15.7. The zero-order valence-corrected chi connectivity index (χ0v) is 12.8. The first-order chi connectivity index (χ1) is 9.95. The highest BCUT2D eigenvalue weighted by molar-refractivity contribution is 5.68. The van der Waals surface area contributed by atoms with Crippen LogP contribution in [0.1, 0.15) is 32.8 Å². The summed E-state index contributed by atoms with van der Waals surface area (Å²) in [6, 6.07) is 11.5. The van der Waals surface area contributed by atoms with Crippen LogP contribution in [0.2, 0.25) is 0 Å². The molecule has 0 bridgehead atoms. The van der Waals surface area contributed by atoms with Crippen LogP contribution in [0.4, 0.5) is 4.79 Å². The lowest BCUT2D eigenvalue weighted by molar-refractivity contribution is 0.0658. The first-order valence-corrected chi connectivity index (χ1v) is 6.97. The Hall–Kier alpha value is -2.06. The van der Waals surface area contributed by atoms with Crippen molar-refractivity contribution < 1.29 is 14.3 Å². The van der Waals surface area contributed by atoms with Crippen LogP contribution in [0.15, 0.2) is 30.3 Å². The van der Waals surface area contributed by atoms with Gasteiger partial charge in [0.2, 0.25) is 0 Å². The SMILES string of the molecule is CC(C)OCCC(C)(C#N)NC(=O)OCc1ccccc1. The van der Waals surface area contributed by atoms with E-state index < -0.39 is 11.6 Å². The summed E-state index contributed by atoms with van der Waals surface area (Å²) in [5.74, 6) is 0. The molecule has 21 heavy (non-hydrogen) atoms. The van der Waals surface area contributed by atoms with Gasteiger partial charge in [0.25, 0.3) is 0 Å². The number of hydrogen-bond acceptors (Lipinski definition) is 4. The lowest BCUT2D eigenvalue weighted by atomic mass is 10.0. The van der Waals surface area contributed by atoms with Crippen LogP contribution in [-0.4, -0.2) is 24.3 Å². The second-order valence-corrected chi connectivity index (χ2v) is 5.30. The largest absolute Gasteiger partial charge is 0.445 e. The van der Waals surface area contributed by atoms with Crippen LogP contribution >= 0.6 is 0 Å². The van der Waals surface area contributed by atoms with E-state index in [4.69, 9.17) is 9.47 Å². The van der Waals surface area contributed by atoms with Gasteiger partial charge in [-0.15, -0.1) is 0 Å². The molecule has 1 atom stereocenters. The van der Waals surface area contributed by atoms with Crippen LogP contribution < -0.4 is 5.32 Å². The molecule has 1 aromatic rings. The van der Waals surface area contributed by atoms with Crippen LogP contribution in [0.5, 0.6) is 0 Å². The van der Waals surface area contributed by atoms with Crippen molar-refractivity contribution >= 4 is 6.09 Å². The van der Waals surface area contributed by atoms with Gasteiger partial charge in [0.05, 0.1) is 18.8 Å². The second-order valence-electron chi connectivity index (χ2n) is 5.30. The molecular formula is C16H22N2O3. The number of rotatable bonds is 7. The van der Waals surface area contributed by atoms with Gasteiger partial charge in [-0.3, -0.25) is 0 Å². The zero-order valence-electron chi connectivity index (χ0n) is 12.8. The smallest absolute Gasteiger partial charge is 0.408 e. The van der Waals surface area contributed by atoms with Crippen molar-refractivity contribution in [1.82, 2.24) is 5.32 Å². The van der Waals surface area contributed by atoms with Crippen molar-refractivity contribution in [3.63, 3.8) is 0 Å². The number of amides is 1. The molecule has 1 unspecified atom stereocenters. The normalized spacial score (nSPS) is 13.3. The molecule has 1 rings (SSSR count). The van der Waals surface area contributed by atoms with E-state index in [-0.39, 0.29) is 12.7 Å². The van der Waals surface area contributed by atoms with Crippen LogP contribution in [0.25, 0.3) is 0 Å². The summed E-state index contributed by atoms with van der Waals surface area (Å²) in [6.07, 6.45) is -0.104. The Morgan fingerprint density at radius 1 is 1.38 bits per heavy atom. The van der Waals surface area contributed by atoms with Gasteiger partial charge in [-0.25, -0.2) is 4.79 Å². The van der Waals surface area contributed by atoms with Crippen LogP contribution in [-0.2, 0) is 16.1 Å². The Morgan fingerprint density at radius 2 is 2.05 bits per heavy atom. The predicted molar refractivity (Wildman–Crippen MR) is 79.5 cm³/mol. The number of hydrogen-bond donors (Lipinski definition) is 1. The van der Waals surface area contributed by atoms with E-state index in [0.717, 1.165) is 5.56 Å². The summed E-state index contributed by atoms with van der Waals surface area (Å²) in [5, 5.41) is 11.8. The molecule has 0 fully saturated rings. The third-order valence-electron chi connectivity index (χ3n) is 2.89. The Kier molecular flexibility index (Phi) is 6.70. The Bertz CT molecular complexity index is 482. The summed E-state index contributed by atoms with van der Waals surface area (Å²) in [7, 11) is 0. The van der Waals surface area contributed by atoms with E-state index in [2.05, 4.69) is 11.4 Å². The number of nitrogens with one attached hydrogen (secondary N) is 1. The van der Waals surface area contributed by atoms with Crippen LogP contribution in [0.3, 0.4) is 0 Å². The fraction of sp³-hybridized carbons (Fsp3) is 0.500. The van der Waals surface area contributed by atoms with Gasteiger partial charge in [-0.05, 0) is 26.3 Å². The molecule has 5 heteroatoms. The van der Waals surface area contributed by atoms with Gasteiger partial charge < -0.3 is 14.8 Å². The number of carbonyl (C=O) groups excluding carboxylic acids is 1. The monoisotopic (exact) mass is 290 g/mol. The van der Waals surface area contributed by atoms with Gasteiger partial charge in [0.1, 0.15) is 12.1 Å². The standard InChI is InChI=1S/C16H22N2O3/c1-13(2)20-10-9-16(3,12-17)18-15(19)21-11-14-7-5-4-6-8-14/h4-8,13H,9-11H2,1-3H3,(H,18,19). The molecule has 114 valence electrons. The molecule has 1 aromatic carbocycles. The highest BCUT2D eigenvalue weighted by Crippen LogP contribution is 2.10. The number of alkyl carbamates (subject to hydrolysis) is 1. The maximum atomic E-state index is 11.8. The number of nitriles is 1. The fourth-order valence-electron chi connectivity index (χ4n) is 1.63. The van der Waals surface area contributed by atoms with E-state index >= 15 is 0 Å². The number of benzene rings is 1. The summed E-state index contributed by atoms with van der Waals surface area (Å²) >= 11 is 0. The molecule has 0 spiro atoms. The lowest BCUT2D eigenvalue weighted by Crippen LogP contribution is -2.46. The fourth-order valence-corrected chi connectivity index (χ4v) is 1.63. The van der Waals surface area contributed by atoms with Crippen molar-refractivity contribution in [2.45, 2.75) is 45.4 Å². The Morgan fingerprint density at radius 3 is 2.62 bits per heavy atom. The quantitative estimate of drug-likeness (QED) is 0.838. The molecule has 1 N–H and O–H groups in total. The summed E-state index contributed by atoms with van der Waals surface area (Å²) in [6.45, 7) is 6.08. The number of nitrogens with zero attached hydrogens (tertiary/aromatic N) is 1. The molecule has 0 aliphatic carbocycles. The first kappa shape index (κ1) is 17.0. The highest BCUT2D eigenvalue weighted by atomic mass is 16.5. The maximum Gasteiger partial charge on any atom is 0.408 e. The van der Waals surface area contributed by atoms with E-state index in [1.165, 1.54) is 0 Å². The average Bonchev–Trinajstić information content (AvgIpc) is 2.46. The third-order valence-corrected chi connectivity index (χ3v) is 2.89. The molecule has 0 radical (unpaired) electrons. The van der Waals surface area contributed by atoms with E-state index in [1.807, 2.05) is 44.2 Å². The second kappa shape index (κ2) is 8.28. The summed E-state index contributed by atoms with van der Waals surface area (Å²) in [5.41, 5.74) is -0.0997. The minimum atomic E-state index is -0.997. The minimum absolute atomic E-state index is 0.0953. The average molecular weight is 290 g/mol. The van der Waals surface area contributed by atoms with Crippen molar-refractivity contribution in [3.05, 3.63) is 35.9 Å². The first-order valence-electron chi connectivity index (χ1n) is 6.97. The molecule has 0 heterocycles. The molecule has 0 aliphatic heterocycles. The van der Waals surface area contributed by atoms with Crippen molar-refractivity contribution in [1.29, 1.82) is 5.26 Å². The molecule has 0 aromatic heterocycles. The highest BCUT2D eigenvalue weighted by Gasteiger charge is 2.26. The van der Waals surface area contributed by atoms with E-state index in [0.29, 0.717) is 13.0 Å². The summed E-state index contributed by atoms with van der Waals surface area (Å²) < 4.78 is 10.5. The molecule has 5 nitrogen and oxygen atoms in total. The van der Waals surface area contributed by atoms with Crippen LogP contribution in [0, 0.1) is 11.3 Å². The van der Waals surface area contributed by atoms with E-state index in [9.17, 15) is 10.1 Å². The molecule has 0 aliphatic rings. The predicted octanol–water partition coefficient (Wildman–Crippen LogP) is 3.01. The molecule has 0 saturated carbocycles. The van der Waals surface area contributed by atoms with Gasteiger partial charge in [0.15, 0.2) is 0 Å². The van der Waals surface area contributed by atoms with Crippen molar-refractivity contribution in [3.8, 4) is 6.07 Å². The van der Waals surface area contributed by atoms with Crippen molar-refractivity contribution in [2.75, 3.05) is 6.61 Å². The Balaban J connectivity index is 2.41. The molecule has 1 amide bonds.